The predicted molar refractivity (Wildman–Crippen MR) is 139 cm³/mol. The fraction of sp³-hybridized carbons (Fsp3) is 0.517. The number of nitrogens with zero attached hydrogens (tertiary/aromatic N) is 3. The summed E-state index contributed by atoms with van der Waals surface area (Å²) in [6, 6.07) is 12.6. The van der Waals surface area contributed by atoms with E-state index in [9.17, 15) is 0 Å². The van der Waals surface area contributed by atoms with Gasteiger partial charge < -0.3 is 4.90 Å². The SMILES string of the molecule is CCCCCCCCCCCCN(C)c1cc(-c2ccccc2)nc(C2=CCCC=C2)n1. The first-order chi connectivity index (χ1) is 15.8. The van der Waals surface area contributed by atoms with E-state index in [2.05, 4.69) is 73.5 Å². The molecule has 0 bridgehead atoms. The number of allylic oxidation sites excluding steroid dienone is 4. The van der Waals surface area contributed by atoms with Crippen LogP contribution in [0.1, 0.15) is 89.8 Å². The van der Waals surface area contributed by atoms with E-state index < -0.39 is 0 Å². The molecule has 0 aliphatic heterocycles. The van der Waals surface area contributed by atoms with Crippen LogP contribution < -0.4 is 4.90 Å². The predicted octanol–water partition coefficient (Wildman–Crippen LogP) is 8.23. The highest BCUT2D eigenvalue weighted by Gasteiger charge is 2.13. The van der Waals surface area contributed by atoms with Crippen LogP contribution in [0.25, 0.3) is 16.8 Å². The Kier molecular flexibility index (Phi) is 10.5. The molecule has 1 aromatic heterocycles. The Bertz CT molecular complexity index is 854. The summed E-state index contributed by atoms with van der Waals surface area (Å²) in [5, 5.41) is 0. The first kappa shape index (κ1) is 24.2. The maximum Gasteiger partial charge on any atom is 0.161 e. The lowest BCUT2D eigenvalue weighted by Gasteiger charge is -2.20. The van der Waals surface area contributed by atoms with Crippen LogP contribution in [0.3, 0.4) is 0 Å². The van der Waals surface area contributed by atoms with Crippen LogP contribution in [-0.4, -0.2) is 23.6 Å². The van der Waals surface area contributed by atoms with Crippen LogP contribution in [-0.2, 0) is 0 Å². The molecule has 2 aromatic rings. The van der Waals surface area contributed by atoms with Crippen molar-refractivity contribution >= 4 is 11.4 Å². The van der Waals surface area contributed by atoms with Crippen molar-refractivity contribution in [3.05, 3.63) is 60.5 Å². The molecule has 1 aliphatic rings. The highest BCUT2D eigenvalue weighted by atomic mass is 15.2. The van der Waals surface area contributed by atoms with Crippen molar-refractivity contribution in [3.8, 4) is 11.3 Å². The number of anilines is 1. The molecular weight excluding hydrogens is 390 g/mol. The molecule has 0 radical (unpaired) electrons. The Morgan fingerprint density at radius 2 is 1.50 bits per heavy atom. The Morgan fingerprint density at radius 3 is 2.16 bits per heavy atom. The minimum Gasteiger partial charge on any atom is -0.360 e. The third-order valence-electron chi connectivity index (χ3n) is 6.27. The molecule has 0 amide bonds. The lowest BCUT2D eigenvalue weighted by Crippen LogP contribution is -2.20. The third-order valence-corrected chi connectivity index (χ3v) is 6.27. The number of hydrogen-bond acceptors (Lipinski definition) is 3. The molecule has 0 saturated heterocycles. The van der Waals surface area contributed by atoms with E-state index in [1.807, 2.05) is 0 Å². The first-order valence-electron chi connectivity index (χ1n) is 12.8. The third kappa shape index (κ3) is 7.93. The van der Waals surface area contributed by atoms with Crippen LogP contribution in [0.5, 0.6) is 0 Å². The van der Waals surface area contributed by atoms with Crippen molar-refractivity contribution in [2.45, 2.75) is 84.0 Å². The highest BCUT2D eigenvalue weighted by molar-refractivity contribution is 5.73. The maximum absolute atomic E-state index is 4.94. The smallest absolute Gasteiger partial charge is 0.161 e. The van der Waals surface area contributed by atoms with Crippen molar-refractivity contribution in [3.63, 3.8) is 0 Å². The zero-order valence-corrected chi connectivity index (χ0v) is 20.2. The Balaban J connectivity index is 1.55. The van der Waals surface area contributed by atoms with Gasteiger partial charge in [0, 0.05) is 30.8 Å². The highest BCUT2D eigenvalue weighted by Crippen LogP contribution is 2.26. The van der Waals surface area contributed by atoms with Crippen molar-refractivity contribution in [2.24, 2.45) is 0 Å². The quantitative estimate of drug-likeness (QED) is 0.282. The summed E-state index contributed by atoms with van der Waals surface area (Å²) in [6.07, 6.45) is 22.5. The average Bonchev–Trinajstić information content (AvgIpc) is 2.86. The molecule has 3 rings (SSSR count). The van der Waals surface area contributed by atoms with E-state index >= 15 is 0 Å². The second-order valence-electron chi connectivity index (χ2n) is 9.04. The van der Waals surface area contributed by atoms with E-state index in [1.165, 1.54) is 64.2 Å². The van der Waals surface area contributed by atoms with Crippen LogP contribution in [0.15, 0.2) is 54.6 Å². The minimum atomic E-state index is 0.840. The van der Waals surface area contributed by atoms with Crippen molar-refractivity contribution in [1.82, 2.24) is 9.97 Å². The van der Waals surface area contributed by atoms with Crippen molar-refractivity contribution < 1.29 is 0 Å². The molecule has 0 saturated carbocycles. The Labute approximate surface area is 195 Å². The van der Waals surface area contributed by atoms with Gasteiger partial charge in [-0.2, -0.15) is 0 Å². The second-order valence-corrected chi connectivity index (χ2v) is 9.04. The van der Waals surface area contributed by atoms with Gasteiger partial charge in [-0.15, -0.1) is 0 Å². The van der Waals surface area contributed by atoms with Gasteiger partial charge in [-0.1, -0.05) is 113 Å². The van der Waals surface area contributed by atoms with Crippen LogP contribution in [0.4, 0.5) is 5.82 Å². The molecule has 3 nitrogen and oxygen atoms in total. The van der Waals surface area contributed by atoms with E-state index in [0.29, 0.717) is 0 Å². The number of rotatable bonds is 14. The second kappa shape index (κ2) is 13.9. The van der Waals surface area contributed by atoms with Gasteiger partial charge in [0.2, 0.25) is 0 Å². The summed E-state index contributed by atoms with van der Waals surface area (Å²) in [7, 11) is 2.17. The van der Waals surface area contributed by atoms with Gasteiger partial charge in [0.25, 0.3) is 0 Å². The standard InChI is InChI=1S/C29H41N3/c1-3-4-5-6-7-8-9-10-11-18-23-32(2)28-24-27(25-19-14-12-15-20-25)30-29(31-28)26-21-16-13-17-22-26/h12,14-16,19-22,24H,3-11,13,17-18,23H2,1-2H3. The number of benzene rings is 1. The van der Waals surface area contributed by atoms with E-state index in [1.54, 1.807) is 0 Å². The van der Waals surface area contributed by atoms with Crippen LogP contribution in [0, 0.1) is 0 Å². The van der Waals surface area contributed by atoms with Gasteiger partial charge in [0.05, 0.1) is 5.69 Å². The van der Waals surface area contributed by atoms with Gasteiger partial charge in [0.1, 0.15) is 5.82 Å². The molecule has 1 aromatic carbocycles. The Hall–Kier alpha value is -2.42. The average molecular weight is 432 g/mol. The zero-order valence-electron chi connectivity index (χ0n) is 20.2. The van der Waals surface area contributed by atoms with Gasteiger partial charge in [-0.25, -0.2) is 9.97 Å². The molecule has 1 aliphatic carbocycles. The van der Waals surface area contributed by atoms with Gasteiger partial charge in [-0.05, 0) is 19.3 Å². The molecule has 0 atom stereocenters. The van der Waals surface area contributed by atoms with E-state index in [4.69, 9.17) is 9.97 Å². The summed E-state index contributed by atoms with van der Waals surface area (Å²) in [6.45, 7) is 3.32. The molecule has 0 fully saturated rings. The largest absolute Gasteiger partial charge is 0.360 e. The van der Waals surface area contributed by atoms with E-state index in [0.717, 1.165) is 47.9 Å². The molecule has 172 valence electrons. The molecular formula is C29H41N3. The Morgan fingerprint density at radius 1 is 0.812 bits per heavy atom. The summed E-state index contributed by atoms with van der Waals surface area (Å²) in [4.78, 5) is 12.2. The van der Waals surface area contributed by atoms with Crippen LogP contribution >= 0.6 is 0 Å². The lowest BCUT2D eigenvalue weighted by atomic mass is 10.1. The molecule has 32 heavy (non-hydrogen) atoms. The summed E-state index contributed by atoms with van der Waals surface area (Å²) < 4.78 is 0. The normalized spacial score (nSPS) is 13.2. The van der Waals surface area contributed by atoms with Crippen LogP contribution in [0.2, 0.25) is 0 Å². The fourth-order valence-electron chi connectivity index (χ4n) is 4.25. The van der Waals surface area contributed by atoms with Gasteiger partial charge in [0.15, 0.2) is 5.82 Å². The van der Waals surface area contributed by atoms with Gasteiger partial charge >= 0.3 is 0 Å². The number of aromatic nitrogens is 2. The molecule has 3 heteroatoms. The maximum atomic E-state index is 4.94. The molecule has 0 spiro atoms. The molecule has 0 N–H and O–H groups in total. The number of unbranched alkanes of at least 4 members (excludes halogenated alkanes) is 9. The van der Waals surface area contributed by atoms with E-state index in [-0.39, 0.29) is 0 Å². The van der Waals surface area contributed by atoms with Crippen molar-refractivity contribution in [1.29, 1.82) is 0 Å². The zero-order chi connectivity index (χ0) is 22.4. The summed E-state index contributed by atoms with van der Waals surface area (Å²) >= 11 is 0. The summed E-state index contributed by atoms with van der Waals surface area (Å²) in [5.41, 5.74) is 3.29. The number of hydrogen-bond donors (Lipinski definition) is 0. The first-order valence-corrected chi connectivity index (χ1v) is 12.8. The monoisotopic (exact) mass is 431 g/mol. The van der Waals surface area contributed by atoms with Gasteiger partial charge in [-0.3, -0.25) is 0 Å². The lowest BCUT2D eigenvalue weighted by molar-refractivity contribution is 0.556. The molecule has 0 unspecified atom stereocenters. The summed E-state index contributed by atoms with van der Waals surface area (Å²) in [5.74, 6) is 1.86. The minimum absolute atomic E-state index is 0.840. The van der Waals surface area contributed by atoms with Crippen molar-refractivity contribution in [2.75, 3.05) is 18.5 Å². The molecule has 1 heterocycles. The topological polar surface area (TPSA) is 29.0 Å². The fourth-order valence-corrected chi connectivity index (χ4v) is 4.25.